The van der Waals surface area contributed by atoms with Gasteiger partial charge in [0.1, 0.15) is 11.5 Å². The number of phenols is 1. The summed E-state index contributed by atoms with van der Waals surface area (Å²) in [6.07, 6.45) is 2.13. The number of nitrogens with one attached hydrogen (secondary N) is 1. The first-order valence-corrected chi connectivity index (χ1v) is 5.37. The monoisotopic (exact) mass is 221 g/mol. The number of carbonyl (C=O) groups excluding carboxylic acids is 1. The van der Waals surface area contributed by atoms with Crippen molar-refractivity contribution < 1.29 is 14.6 Å². The number of phenolic OH excluding ortho intramolecular Hbond substituents is 1. The lowest BCUT2D eigenvalue weighted by Crippen LogP contribution is -2.30. The molecule has 0 unspecified atom stereocenters. The van der Waals surface area contributed by atoms with Gasteiger partial charge in [0, 0.05) is 11.6 Å². The molecule has 0 bridgehead atoms. The molecule has 4 nitrogen and oxygen atoms in total. The minimum atomic E-state index is -0.106. The van der Waals surface area contributed by atoms with Crippen LogP contribution in [0.1, 0.15) is 18.4 Å². The summed E-state index contributed by atoms with van der Waals surface area (Å²) < 4.78 is 5.34. The summed E-state index contributed by atoms with van der Waals surface area (Å²) in [6.45, 7) is 1.75. The molecule has 0 spiro atoms. The maximum atomic E-state index is 11.4. The molecule has 1 aromatic rings. The molecule has 1 aromatic carbocycles. The van der Waals surface area contributed by atoms with Crippen LogP contribution in [0.15, 0.2) is 18.2 Å². The number of aromatic hydroxyl groups is 1. The van der Waals surface area contributed by atoms with Gasteiger partial charge in [-0.15, -0.1) is 0 Å². The van der Waals surface area contributed by atoms with E-state index >= 15 is 0 Å². The zero-order valence-electron chi connectivity index (χ0n) is 9.19. The van der Waals surface area contributed by atoms with Crippen molar-refractivity contribution in [3.63, 3.8) is 0 Å². The molecule has 1 saturated carbocycles. The van der Waals surface area contributed by atoms with E-state index in [1.54, 1.807) is 25.1 Å². The minimum Gasteiger partial charge on any atom is -0.508 e. The van der Waals surface area contributed by atoms with Crippen LogP contribution in [-0.4, -0.2) is 23.7 Å². The van der Waals surface area contributed by atoms with Crippen molar-refractivity contribution in [3.8, 4) is 11.5 Å². The Kier molecular flexibility index (Phi) is 2.99. The van der Waals surface area contributed by atoms with Crippen molar-refractivity contribution in [1.82, 2.24) is 5.32 Å². The topological polar surface area (TPSA) is 58.6 Å². The highest BCUT2D eigenvalue weighted by Gasteiger charge is 2.23. The molecular weight excluding hydrogens is 206 g/mol. The van der Waals surface area contributed by atoms with Crippen LogP contribution in [-0.2, 0) is 4.79 Å². The van der Waals surface area contributed by atoms with Crippen molar-refractivity contribution in [2.75, 3.05) is 6.61 Å². The zero-order chi connectivity index (χ0) is 11.5. The van der Waals surface area contributed by atoms with E-state index in [1.807, 2.05) is 0 Å². The molecule has 0 radical (unpaired) electrons. The second kappa shape index (κ2) is 4.43. The molecule has 1 aliphatic carbocycles. The number of carbonyl (C=O) groups is 1. The average Bonchev–Trinajstić information content (AvgIpc) is 3.04. The first-order chi connectivity index (χ1) is 7.66. The summed E-state index contributed by atoms with van der Waals surface area (Å²) in [5.74, 6) is 0.622. The fourth-order valence-electron chi connectivity index (χ4n) is 1.40. The molecule has 2 N–H and O–H groups in total. The predicted molar refractivity (Wildman–Crippen MR) is 59.5 cm³/mol. The second-order valence-electron chi connectivity index (χ2n) is 4.03. The summed E-state index contributed by atoms with van der Waals surface area (Å²) in [6, 6.07) is 5.36. The highest BCUT2D eigenvalue weighted by molar-refractivity contribution is 5.78. The number of hydrogen-bond donors (Lipinski definition) is 2. The number of hydrogen-bond acceptors (Lipinski definition) is 3. The van der Waals surface area contributed by atoms with Crippen LogP contribution < -0.4 is 10.1 Å². The van der Waals surface area contributed by atoms with Crippen LogP contribution in [0.5, 0.6) is 11.5 Å². The van der Waals surface area contributed by atoms with Crippen LogP contribution in [0.3, 0.4) is 0 Å². The fourth-order valence-corrected chi connectivity index (χ4v) is 1.40. The second-order valence-corrected chi connectivity index (χ2v) is 4.03. The van der Waals surface area contributed by atoms with Gasteiger partial charge in [0.25, 0.3) is 5.91 Å². The van der Waals surface area contributed by atoms with Gasteiger partial charge in [-0.05, 0) is 31.9 Å². The molecule has 0 aromatic heterocycles. The van der Waals surface area contributed by atoms with Crippen LogP contribution in [0.2, 0.25) is 0 Å². The lowest BCUT2D eigenvalue weighted by molar-refractivity contribution is -0.123. The Morgan fingerprint density at radius 2 is 2.31 bits per heavy atom. The van der Waals surface area contributed by atoms with Crippen LogP contribution in [0.25, 0.3) is 0 Å². The third-order valence-corrected chi connectivity index (χ3v) is 2.56. The Bertz CT molecular complexity index is 399. The van der Waals surface area contributed by atoms with Gasteiger partial charge in [0.05, 0.1) is 0 Å². The van der Waals surface area contributed by atoms with Gasteiger partial charge in [-0.1, -0.05) is 6.07 Å². The zero-order valence-corrected chi connectivity index (χ0v) is 9.19. The minimum absolute atomic E-state index is 0.000787. The Hall–Kier alpha value is -1.71. The molecule has 4 heteroatoms. The lowest BCUT2D eigenvalue weighted by Gasteiger charge is -2.09. The first kappa shape index (κ1) is 10.8. The van der Waals surface area contributed by atoms with Crippen molar-refractivity contribution in [2.45, 2.75) is 25.8 Å². The molecule has 0 atom stereocenters. The third-order valence-electron chi connectivity index (χ3n) is 2.56. The van der Waals surface area contributed by atoms with Crippen LogP contribution >= 0.6 is 0 Å². The van der Waals surface area contributed by atoms with E-state index in [0.29, 0.717) is 17.4 Å². The van der Waals surface area contributed by atoms with E-state index in [4.69, 9.17) is 4.74 Å². The van der Waals surface area contributed by atoms with Gasteiger partial charge in [-0.2, -0.15) is 0 Å². The van der Waals surface area contributed by atoms with Gasteiger partial charge >= 0.3 is 0 Å². The highest BCUT2D eigenvalue weighted by Crippen LogP contribution is 2.25. The Morgan fingerprint density at radius 3 is 3.00 bits per heavy atom. The fraction of sp³-hybridized carbons (Fsp3) is 0.417. The Morgan fingerprint density at radius 1 is 1.56 bits per heavy atom. The van der Waals surface area contributed by atoms with Crippen molar-refractivity contribution in [3.05, 3.63) is 23.8 Å². The normalized spacial score (nSPS) is 14.6. The van der Waals surface area contributed by atoms with Crippen molar-refractivity contribution in [1.29, 1.82) is 0 Å². The quantitative estimate of drug-likeness (QED) is 0.807. The summed E-state index contributed by atoms with van der Waals surface area (Å²) in [4.78, 5) is 11.4. The number of rotatable bonds is 4. The van der Waals surface area contributed by atoms with E-state index in [2.05, 4.69) is 5.32 Å². The first-order valence-electron chi connectivity index (χ1n) is 5.37. The van der Waals surface area contributed by atoms with Crippen molar-refractivity contribution in [2.24, 2.45) is 0 Å². The predicted octanol–water partition coefficient (Wildman–Crippen LogP) is 1.36. The standard InChI is InChI=1S/C12H15NO3/c1-8-10(14)3-2-4-11(8)16-7-12(15)13-9-5-6-9/h2-4,9,14H,5-7H2,1H3,(H,13,15). The van der Waals surface area contributed by atoms with Gasteiger partial charge in [0.2, 0.25) is 0 Å². The van der Waals surface area contributed by atoms with E-state index in [0.717, 1.165) is 12.8 Å². The number of benzene rings is 1. The smallest absolute Gasteiger partial charge is 0.258 e. The van der Waals surface area contributed by atoms with E-state index in [1.165, 1.54) is 0 Å². The molecule has 16 heavy (non-hydrogen) atoms. The largest absolute Gasteiger partial charge is 0.508 e. The lowest BCUT2D eigenvalue weighted by atomic mass is 10.2. The SMILES string of the molecule is Cc1c(O)cccc1OCC(=O)NC1CC1. The molecule has 1 amide bonds. The summed E-state index contributed by atoms with van der Waals surface area (Å²) in [5, 5.41) is 12.3. The highest BCUT2D eigenvalue weighted by atomic mass is 16.5. The maximum Gasteiger partial charge on any atom is 0.258 e. The summed E-state index contributed by atoms with van der Waals surface area (Å²) >= 11 is 0. The van der Waals surface area contributed by atoms with Gasteiger partial charge < -0.3 is 15.2 Å². The van der Waals surface area contributed by atoms with E-state index < -0.39 is 0 Å². The molecule has 0 saturated heterocycles. The van der Waals surface area contributed by atoms with E-state index in [9.17, 15) is 9.90 Å². The maximum absolute atomic E-state index is 11.4. The molecule has 0 aliphatic heterocycles. The molecular formula is C12H15NO3. The van der Waals surface area contributed by atoms with Gasteiger partial charge in [-0.3, -0.25) is 4.79 Å². The van der Waals surface area contributed by atoms with Crippen molar-refractivity contribution >= 4 is 5.91 Å². The van der Waals surface area contributed by atoms with Gasteiger partial charge in [0.15, 0.2) is 6.61 Å². The average molecular weight is 221 g/mol. The molecule has 0 heterocycles. The molecule has 2 rings (SSSR count). The molecule has 1 aliphatic rings. The molecule has 1 fully saturated rings. The third kappa shape index (κ3) is 2.66. The number of ether oxygens (including phenoxy) is 1. The van der Waals surface area contributed by atoms with E-state index in [-0.39, 0.29) is 18.3 Å². The molecule has 86 valence electrons. The van der Waals surface area contributed by atoms with Crippen LogP contribution in [0, 0.1) is 6.92 Å². The Labute approximate surface area is 94.2 Å². The summed E-state index contributed by atoms with van der Waals surface area (Å²) in [7, 11) is 0. The summed E-state index contributed by atoms with van der Waals surface area (Å²) in [5.41, 5.74) is 0.654. The number of amides is 1. The van der Waals surface area contributed by atoms with Crippen LogP contribution in [0.4, 0.5) is 0 Å². The Balaban J connectivity index is 1.88. The van der Waals surface area contributed by atoms with Gasteiger partial charge in [-0.25, -0.2) is 0 Å².